The molecule has 0 N–H and O–H groups in total. The molecule has 0 saturated heterocycles. The van der Waals surface area contributed by atoms with E-state index in [4.69, 9.17) is 4.98 Å². The van der Waals surface area contributed by atoms with Gasteiger partial charge in [0.25, 0.3) is 0 Å². The Bertz CT molecular complexity index is 1010. The molecule has 0 radical (unpaired) electrons. The van der Waals surface area contributed by atoms with Crippen LogP contribution in [0, 0.1) is 6.92 Å². The summed E-state index contributed by atoms with van der Waals surface area (Å²) in [5.74, 6) is 1.01. The summed E-state index contributed by atoms with van der Waals surface area (Å²) in [7, 11) is 0. The predicted octanol–water partition coefficient (Wildman–Crippen LogP) is 5.73. The monoisotopic (exact) mass is 324 g/mol. The zero-order valence-corrected chi connectivity index (χ0v) is 14.3. The summed E-state index contributed by atoms with van der Waals surface area (Å²) in [6, 6.07) is 27.3. The van der Waals surface area contributed by atoms with Gasteiger partial charge in [-0.3, -0.25) is 0 Å². The first-order valence-electron chi connectivity index (χ1n) is 8.55. The number of rotatable bonds is 4. The van der Waals surface area contributed by atoms with Gasteiger partial charge in [0.2, 0.25) is 0 Å². The van der Waals surface area contributed by atoms with Gasteiger partial charge in [-0.1, -0.05) is 84.4 Å². The second kappa shape index (κ2) is 6.78. The van der Waals surface area contributed by atoms with Gasteiger partial charge in [0, 0.05) is 12.1 Å². The molecule has 1 heterocycles. The molecule has 2 nitrogen and oxygen atoms in total. The lowest BCUT2D eigenvalue weighted by molar-refractivity contribution is 0.863. The van der Waals surface area contributed by atoms with Crippen LogP contribution in [-0.2, 0) is 6.54 Å². The van der Waals surface area contributed by atoms with Gasteiger partial charge in [0.1, 0.15) is 5.82 Å². The summed E-state index contributed by atoms with van der Waals surface area (Å²) in [4.78, 5) is 4.87. The SMILES string of the molecule is Cc1ccc(-c2nc3ccccc3n2C/C=C/c2ccccc2)cc1. The van der Waals surface area contributed by atoms with Crippen LogP contribution in [0.15, 0.2) is 84.9 Å². The quantitative estimate of drug-likeness (QED) is 0.469. The van der Waals surface area contributed by atoms with E-state index in [0.717, 1.165) is 29.0 Å². The maximum Gasteiger partial charge on any atom is 0.141 e. The van der Waals surface area contributed by atoms with Crippen molar-refractivity contribution in [3.8, 4) is 11.4 Å². The number of nitrogens with zero attached hydrogens (tertiary/aromatic N) is 2. The molecule has 4 aromatic rings. The van der Waals surface area contributed by atoms with Gasteiger partial charge in [0.05, 0.1) is 11.0 Å². The van der Waals surface area contributed by atoms with Crippen molar-refractivity contribution in [1.29, 1.82) is 0 Å². The first-order valence-corrected chi connectivity index (χ1v) is 8.55. The van der Waals surface area contributed by atoms with E-state index in [0.29, 0.717) is 0 Å². The van der Waals surface area contributed by atoms with Gasteiger partial charge in [-0.2, -0.15) is 0 Å². The Hall–Kier alpha value is -3.13. The summed E-state index contributed by atoms with van der Waals surface area (Å²) in [5.41, 5.74) is 5.82. The number of allylic oxidation sites excluding steroid dienone is 1. The third-order valence-electron chi connectivity index (χ3n) is 4.36. The van der Waals surface area contributed by atoms with Crippen LogP contribution in [0.1, 0.15) is 11.1 Å². The molecule has 2 heteroatoms. The number of imidazole rings is 1. The minimum absolute atomic E-state index is 0.790. The summed E-state index contributed by atoms with van der Waals surface area (Å²) in [5, 5.41) is 0. The normalized spacial score (nSPS) is 11.4. The molecule has 0 amide bonds. The van der Waals surface area contributed by atoms with E-state index in [9.17, 15) is 0 Å². The van der Waals surface area contributed by atoms with E-state index in [-0.39, 0.29) is 0 Å². The molecule has 0 aliphatic rings. The molecule has 25 heavy (non-hydrogen) atoms. The zero-order valence-electron chi connectivity index (χ0n) is 14.3. The van der Waals surface area contributed by atoms with Gasteiger partial charge >= 0.3 is 0 Å². The molecule has 0 bridgehead atoms. The largest absolute Gasteiger partial charge is 0.320 e. The van der Waals surface area contributed by atoms with Gasteiger partial charge in [-0.25, -0.2) is 4.98 Å². The Morgan fingerprint density at radius 1 is 0.840 bits per heavy atom. The van der Waals surface area contributed by atoms with Crippen molar-refractivity contribution in [1.82, 2.24) is 9.55 Å². The smallest absolute Gasteiger partial charge is 0.141 e. The number of aryl methyl sites for hydroxylation is 1. The standard InChI is InChI=1S/C23H20N2/c1-18-13-15-20(16-14-18)23-24-21-11-5-6-12-22(21)25(23)17-7-10-19-8-3-2-4-9-19/h2-16H,17H2,1H3/b10-7+. The van der Waals surface area contributed by atoms with Crippen molar-refractivity contribution >= 4 is 17.1 Å². The number of aromatic nitrogens is 2. The molecule has 3 aromatic carbocycles. The van der Waals surface area contributed by atoms with Crippen molar-refractivity contribution < 1.29 is 0 Å². The van der Waals surface area contributed by atoms with Crippen molar-refractivity contribution in [2.24, 2.45) is 0 Å². The van der Waals surface area contributed by atoms with Crippen LogP contribution in [-0.4, -0.2) is 9.55 Å². The Morgan fingerprint density at radius 2 is 1.56 bits per heavy atom. The van der Waals surface area contributed by atoms with Crippen LogP contribution in [0.5, 0.6) is 0 Å². The van der Waals surface area contributed by atoms with E-state index in [2.05, 4.69) is 90.4 Å². The second-order valence-electron chi connectivity index (χ2n) is 6.21. The minimum atomic E-state index is 0.790. The minimum Gasteiger partial charge on any atom is -0.320 e. The van der Waals surface area contributed by atoms with E-state index < -0.39 is 0 Å². The van der Waals surface area contributed by atoms with Crippen molar-refractivity contribution in [3.05, 3.63) is 96.1 Å². The van der Waals surface area contributed by atoms with E-state index in [1.165, 1.54) is 11.1 Å². The molecule has 122 valence electrons. The van der Waals surface area contributed by atoms with E-state index in [1.54, 1.807) is 0 Å². The number of benzene rings is 3. The molecule has 0 aliphatic carbocycles. The van der Waals surface area contributed by atoms with Gasteiger partial charge in [-0.05, 0) is 24.6 Å². The highest BCUT2D eigenvalue weighted by molar-refractivity contribution is 5.80. The fourth-order valence-corrected chi connectivity index (χ4v) is 3.04. The van der Waals surface area contributed by atoms with Crippen LogP contribution < -0.4 is 0 Å². The number of hydrogen-bond acceptors (Lipinski definition) is 1. The van der Waals surface area contributed by atoms with Gasteiger partial charge < -0.3 is 4.57 Å². The van der Waals surface area contributed by atoms with Crippen molar-refractivity contribution in [3.63, 3.8) is 0 Å². The predicted molar refractivity (Wildman–Crippen MR) is 105 cm³/mol. The van der Waals surface area contributed by atoms with Crippen LogP contribution in [0.3, 0.4) is 0 Å². The van der Waals surface area contributed by atoms with Crippen LogP contribution >= 0.6 is 0 Å². The van der Waals surface area contributed by atoms with Crippen LogP contribution in [0.2, 0.25) is 0 Å². The number of para-hydroxylation sites is 2. The lowest BCUT2D eigenvalue weighted by Gasteiger charge is -2.07. The molecule has 0 fully saturated rings. The van der Waals surface area contributed by atoms with Crippen molar-refractivity contribution in [2.45, 2.75) is 13.5 Å². The first-order chi connectivity index (χ1) is 12.3. The summed E-state index contributed by atoms with van der Waals surface area (Å²) >= 11 is 0. The number of hydrogen-bond donors (Lipinski definition) is 0. The Kier molecular flexibility index (Phi) is 4.17. The fourth-order valence-electron chi connectivity index (χ4n) is 3.04. The van der Waals surface area contributed by atoms with E-state index in [1.807, 2.05) is 12.1 Å². The highest BCUT2D eigenvalue weighted by Gasteiger charge is 2.11. The molecule has 1 aromatic heterocycles. The maximum absolute atomic E-state index is 4.87. The molecular weight excluding hydrogens is 304 g/mol. The highest BCUT2D eigenvalue weighted by atomic mass is 15.1. The first kappa shape index (κ1) is 15.4. The molecular formula is C23H20N2. The zero-order chi connectivity index (χ0) is 17.1. The van der Waals surface area contributed by atoms with Crippen LogP contribution in [0.25, 0.3) is 28.5 Å². The molecule has 0 saturated carbocycles. The van der Waals surface area contributed by atoms with E-state index >= 15 is 0 Å². The fraction of sp³-hybridized carbons (Fsp3) is 0.0870. The molecule has 0 unspecified atom stereocenters. The lowest BCUT2D eigenvalue weighted by Crippen LogP contribution is -1.98. The van der Waals surface area contributed by atoms with Gasteiger partial charge in [0.15, 0.2) is 0 Å². The van der Waals surface area contributed by atoms with Gasteiger partial charge in [-0.15, -0.1) is 0 Å². The second-order valence-corrected chi connectivity index (χ2v) is 6.21. The summed E-state index contributed by atoms with van der Waals surface area (Å²) in [6.07, 6.45) is 4.36. The average Bonchev–Trinajstić information content (AvgIpc) is 3.02. The third-order valence-corrected chi connectivity index (χ3v) is 4.36. The third kappa shape index (κ3) is 3.24. The summed E-state index contributed by atoms with van der Waals surface area (Å²) in [6.45, 7) is 2.90. The molecule has 0 atom stereocenters. The summed E-state index contributed by atoms with van der Waals surface area (Å²) < 4.78 is 2.28. The Morgan fingerprint density at radius 3 is 2.36 bits per heavy atom. The lowest BCUT2D eigenvalue weighted by atomic mass is 10.1. The topological polar surface area (TPSA) is 17.8 Å². The Balaban J connectivity index is 1.74. The maximum atomic E-state index is 4.87. The Labute approximate surface area is 148 Å². The van der Waals surface area contributed by atoms with Crippen molar-refractivity contribution in [2.75, 3.05) is 0 Å². The molecule has 0 aliphatic heterocycles. The number of fused-ring (bicyclic) bond motifs is 1. The van der Waals surface area contributed by atoms with Crippen LogP contribution in [0.4, 0.5) is 0 Å². The molecule has 0 spiro atoms. The average molecular weight is 324 g/mol. The molecule has 4 rings (SSSR count). The highest BCUT2D eigenvalue weighted by Crippen LogP contribution is 2.25.